The predicted octanol–water partition coefficient (Wildman–Crippen LogP) is 4.71. The molecule has 0 amide bonds. The normalized spacial score (nSPS) is 27.7. The number of nitrogens with two attached hydrogens (primary N) is 3. The lowest BCUT2D eigenvalue weighted by atomic mass is 9.68. The summed E-state index contributed by atoms with van der Waals surface area (Å²) in [6, 6.07) is 12.4. The van der Waals surface area contributed by atoms with E-state index in [9.17, 15) is 0 Å². The van der Waals surface area contributed by atoms with Crippen LogP contribution in [0.15, 0.2) is 46.4 Å². The molecule has 1 fully saturated rings. The third-order valence-corrected chi connectivity index (χ3v) is 8.14. The maximum absolute atomic E-state index is 7.04. The highest BCUT2D eigenvalue weighted by Crippen LogP contribution is 2.44. The molecule has 1 aliphatic carbocycles. The van der Waals surface area contributed by atoms with Crippen LogP contribution in [0.4, 0.5) is 17.1 Å². The quantitative estimate of drug-likeness (QED) is 0.480. The first-order valence-electron chi connectivity index (χ1n) is 13.0. The molecule has 0 saturated heterocycles. The van der Waals surface area contributed by atoms with Crippen LogP contribution in [0.5, 0.6) is 11.5 Å². The van der Waals surface area contributed by atoms with Crippen molar-refractivity contribution in [1.82, 2.24) is 0 Å². The Labute approximate surface area is 213 Å². The molecule has 0 radical (unpaired) electrons. The number of fused-ring (bicyclic) bond motifs is 2. The molecule has 6 unspecified atom stereocenters. The van der Waals surface area contributed by atoms with Crippen molar-refractivity contribution in [2.45, 2.75) is 77.2 Å². The van der Waals surface area contributed by atoms with Crippen molar-refractivity contribution >= 4 is 28.7 Å². The van der Waals surface area contributed by atoms with Gasteiger partial charge in [0.1, 0.15) is 34.5 Å². The summed E-state index contributed by atoms with van der Waals surface area (Å²) in [5.41, 5.74) is 22.2. The van der Waals surface area contributed by atoms with Crippen LogP contribution in [0.1, 0.15) is 58.9 Å². The Morgan fingerprint density at radius 3 is 2.22 bits per heavy atom. The van der Waals surface area contributed by atoms with Gasteiger partial charge in [-0.15, -0.1) is 0 Å². The molecule has 2 aromatic carbocycles. The number of ether oxygens (including phenoxy) is 2. The average molecular weight is 491 g/mol. The highest BCUT2D eigenvalue weighted by molar-refractivity contribution is 5.90. The van der Waals surface area contributed by atoms with Crippen molar-refractivity contribution < 1.29 is 9.47 Å². The van der Waals surface area contributed by atoms with Gasteiger partial charge in [-0.05, 0) is 94.7 Å². The molecule has 6 atom stereocenters. The number of amidine groups is 2. The second-order valence-electron chi connectivity index (χ2n) is 10.8. The average Bonchev–Trinajstić information content (AvgIpc) is 2.85. The summed E-state index contributed by atoms with van der Waals surface area (Å²) >= 11 is 0. The number of nitrogens with one attached hydrogen (secondary N) is 1. The van der Waals surface area contributed by atoms with Crippen molar-refractivity contribution in [2.24, 2.45) is 39.0 Å². The third kappa shape index (κ3) is 4.62. The van der Waals surface area contributed by atoms with Crippen LogP contribution in [0.25, 0.3) is 0 Å². The standard InChI is InChI=1S/C28H38N6O2/c1-15(32-21-9-11-25-23(14-21)34-27(30)17(3)36-25)18-6-5-7-19(12-18)28(4,31)20-8-10-24-22(13-20)33-26(29)16(2)35-24/h8-11,13-19,32H,5-7,12,31H2,1-4H3,(H2,29,33)(H2,30,34). The molecule has 0 bridgehead atoms. The topological polar surface area (TPSA) is 133 Å². The minimum Gasteiger partial charge on any atom is -0.481 e. The first-order valence-corrected chi connectivity index (χ1v) is 13.0. The van der Waals surface area contributed by atoms with E-state index in [1.165, 1.54) is 6.42 Å². The van der Waals surface area contributed by atoms with Gasteiger partial charge >= 0.3 is 0 Å². The number of nitrogens with zero attached hydrogens (tertiary/aromatic N) is 2. The molecule has 2 aromatic rings. The first kappa shape index (κ1) is 24.4. The second kappa shape index (κ2) is 9.32. The molecule has 8 nitrogen and oxygen atoms in total. The van der Waals surface area contributed by atoms with Gasteiger partial charge in [-0.25, -0.2) is 9.98 Å². The molecule has 5 rings (SSSR count). The summed E-state index contributed by atoms with van der Waals surface area (Å²) in [6.07, 6.45) is 4.07. The van der Waals surface area contributed by atoms with Gasteiger partial charge in [0.2, 0.25) is 0 Å². The Kier molecular flexibility index (Phi) is 6.32. The van der Waals surface area contributed by atoms with Crippen molar-refractivity contribution in [3.05, 3.63) is 42.0 Å². The molecule has 36 heavy (non-hydrogen) atoms. The lowest BCUT2D eigenvalue weighted by Gasteiger charge is -2.42. The maximum atomic E-state index is 7.04. The number of hydrogen-bond donors (Lipinski definition) is 4. The zero-order valence-electron chi connectivity index (χ0n) is 21.6. The van der Waals surface area contributed by atoms with Gasteiger partial charge in [-0.3, -0.25) is 0 Å². The van der Waals surface area contributed by atoms with Crippen LogP contribution >= 0.6 is 0 Å². The summed E-state index contributed by atoms with van der Waals surface area (Å²) in [4.78, 5) is 9.07. The molecule has 192 valence electrons. The third-order valence-electron chi connectivity index (χ3n) is 8.14. The Balaban J connectivity index is 1.29. The smallest absolute Gasteiger partial charge is 0.153 e. The summed E-state index contributed by atoms with van der Waals surface area (Å²) in [7, 11) is 0. The fraction of sp³-hybridized carbons (Fsp3) is 0.500. The largest absolute Gasteiger partial charge is 0.481 e. The lowest BCUT2D eigenvalue weighted by Crippen LogP contribution is -2.45. The van der Waals surface area contributed by atoms with Gasteiger partial charge in [0.25, 0.3) is 0 Å². The van der Waals surface area contributed by atoms with Gasteiger partial charge in [0.05, 0.1) is 0 Å². The minimum atomic E-state index is -0.479. The fourth-order valence-electron chi connectivity index (χ4n) is 5.64. The summed E-state index contributed by atoms with van der Waals surface area (Å²) in [5, 5.41) is 3.69. The van der Waals surface area contributed by atoms with E-state index < -0.39 is 5.54 Å². The van der Waals surface area contributed by atoms with Gasteiger partial charge in [-0.1, -0.05) is 12.5 Å². The highest BCUT2D eigenvalue weighted by Gasteiger charge is 2.38. The molecule has 2 aliphatic heterocycles. The minimum absolute atomic E-state index is 0.199. The zero-order chi connectivity index (χ0) is 25.6. The summed E-state index contributed by atoms with van der Waals surface area (Å²) in [5.74, 6) is 3.37. The Morgan fingerprint density at radius 2 is 1.56 bits per heavy atom. The van der Waals surface area contributed by atoms with E-state index in [4.69, 9.17) is 26.7 Å². The number of aliphatic imine (C=N–C) groups is 2. The van der Waals surface area contributed by atoms with Crippen LogP contribution in [0.2, 0.25) is 0 Å². The van der Waals surface area contributed by atoms with Crippen molar-refractivity contribution in [3.63, 3.8) is 0 Å². The molecule has 0 spiro atoms. The van der Waals surface area contributed by atoms with Gasteiger partial charge in [-0.2, -0.15) is 0 Å². The molecule has 0 aromatic heterocycles. The first-order chi connectivity index (χ1) is 17.1. The zero-order valence-corrected chi connectivity index (χ0v) is 21.6. The van der Waals surface area contributed by atoms with Gasteiger partial charge in [0.15, 0.2) is 12.2 Å². The van der Waals surface area contributed by atoms with E-state index in [1.54, 1.807) is 0 Å². The molecule has 3 aliphatic rings. The molecular formula is C28H38N6O2. The van der Waals surface area contributed by atoms with E-state index in [-0.39, 0.29) is 18.2 Å². The molecule has 1 saturated carbocycles. The number of hydrogen-bond acceptors (Lipinski definition) is 8. The molecule has 8 heteroatoms. The Bertz CT molecular complexity index is 1210. The van der Waals surface area contributed by atoms with Crippen LogP contribution in [0, 0.1) is 11.8 Å². The summed E-state index contributed by atoms with van der Waals surface area (Å²) in [6.45, 7) is 8.21. The Hall–Kier alpha value is -3.26. The molecular weight excluding hydrogens is 452 g/mol. The van der Waals surface area contributed by atoms with E-state index in [0.717, 1.165) is 53.4 Å². The molecule has 7 N–H and O–H groups in total. The monoisotopic (exact) mass is 490 g/mol. The van der Waals surface area contributed by atoms with E-state index in [0.29, 0.717) is 23.5 Å². The Morgan fingerprint density at radius 1 is 0.944 bits per heavy atom. The fourth-order valence-corrected chi connectivity index (χ4v) is 5.64. The van der Waals surface area contributed by atoms with E-state index in [1.807, 2.05) is 38.1 Å². The van der Waals surface area contributed by atoms with Crippen molar-refractivity contribution in [1.29, 1.82) is 0 Å². The second-order valence-corrected chi connectivity index (χ2v) is 10.8. The van der Waals surface area contributed by atoms with E-state index >= 15 is 0 Å². The maximum Gasteiger partial charge on any atom is 0.153 e. The SMILES string of the molecule is CC1Oc2ccc(NC(C)C3CCCC(C(C)(N)c4ccc5c(c4)N=C(N)C(C)O5)C3)cc2N=C1N. The number of rotatable bonds is 5. The van der Waals surface area contributed by atoms with Crippen LogP contribution in [-0.2, 0) is 5.54 Å². The summed E-state index contributed by atoms with van der Waals surface area (Å²) < 4.78 is 11.7. The lowest BCUT2D eigenvalue weighted by molar-refractivity contribution is 0.167. The number of anilines is 1. The predicted molar refractivity (Wildman–Crippen MR) is 146 cm³/mol. The molecule has 2 heterocycles. The van der Waals surface area contributed by atoms with Crippen LogP contribution < -0.4 is 32.0 Å². The van der Waals surface area contributed by atoms with Crippen LogP contribution in [0.3, 0.4) is 0 Å². The number of benzene rings is 2. The van der Waals surface area contributed by atoms with Crippen molar-refractivity contribution in [2.75, 3.05) is 5.32 Å². The van der Waals surface area contributed by atoms with Gasteiger partial charge < -0.3 is 32.0 Å². The highest BCUT2D eigenvalue weighted by atomic mass is 16.5. The van der Waals surface area contributed by atoms with Crippen LogP contribution in [-0.4, -0.2) is 29.9 Å². The van der Waals surface area contributed by atoms with Gasteiger partial charge in [0, 0.05) is 17.3 Å². The van der Waals surface area contributed by atoms with Crippen molar-refractivity contribution in [3.8, 4) is 11.5 Å². The van der Waals surface area contributed by atoms with E-state index in [2.05, 4.69) is 41.3 Å².